The number of carbonyl (C=O) groups excluding carboxylic acids is 1. The third kappa shape index (κ3) is 3.24. The van der Waals surface area contributed by atoms with Crippen molar-refractivity contribution < 1.29 is 18.7 Å². The lowest BCUT2D eigenvalue weighted by Gasteiger charge is -2.31. The Kier molecular flexibility index (Phi) is 4.17. The minimum absolute atomic E-state index is 0.0373. The van der Waals surface area contributed by atoms with Crippen LogP contribution in [0.15, 0.2) is 28.7 Å². The summed E-state index contributed by atoms with van der Waals surface area (Å²) < 4.78 is 16.4. The summed E-state index contributed by atoms with van der Waals surface area (Å²) in [7, 11) is 1.65. The zero-order valence-electron chi connectivity index (χ0n) is 14.3. The molecule has 2 heterocycles. The summed E-state index contributed by atoms with van der Waals surface area (Å²) in [5.74, 6) is 2.26. The molecule has 1 aliphatic carbocycles. The van der Waals surface area contributed by atoms with Gasteiger partial charge in [-0.2, -0.15) is 0 Å². The van der Waals surface area contributed by atoms with Gasteiger partial charge in [-0.05, 0) is 30.0 Å². The van der Waals surface area contributed by atoms with Crippen LogP contribution < -0.4 is 4.74 Å². The van der Waals surface area contributed by atoms with Crippen LogP contribution in [0.25, 0.3) is 0 Å². The quantitative estimate of drug-likeness (QED) is 0.846. The van der Waals surface area contributed by atoms with E-state index < -0.39 is 0 Å². The standard InChI is InChI=1S/C18H21N3O4/c1-11-19-20-17(25-11)16-10-21(6-7-24-16)18(22)15-9-14(15)12-4-3-5-13(8-12)23-2/h3-5,8,14-16H,6-7,9-10H2,1-2H3/t14-,15-,16-/m0/s1. The highest BCUT2D eigenvalue weighted by Gasteiger charge is 2.46. The maximum atomic E-state index is 12.9. The molecule has 4 rings (SSSR count). The molecule has 7 heteroatoms. The maximum absolute atomic E-state index is 12.9. The Morgan fingerprint density at radius 2 is 2.24 bits per heavy atom. The summed E-state index contributed by atoms with van der Waals surface area (Å²) in [6.07, 6.45) is 0.543. The molecule has 1 aliphatic heterocycles. The zero-order valence-corrected chi connectivity index (χ0v) is 14.3. The Hall–Kier alpha value is -2.41. The molecule has 1 saturated carbocycles. The zero-order chi connectivity index (χ0) is 17.4. The molecule has 7 nitrogen and oxygen atoms in total. The number of amides is 1. The number of aromatic nitrogens is 2. The fourth-order valence-electron chi connectivity index (χ4n) is 3.38. The smallest absolute Gasteiger partial charge is 0.246 e. The largest absolute Gasteiger partial charge is 0.497 e. The van der Waals surface area contributed by atoms with Crippen molar-refractivity contribution >= 4 is 5.91 Å². The Bertz CT molecular complexity index is 775. The van der Waals surface area contributed by atoms with E-state index >= 15 is 0 Å². The highest BCUT2D eigenvalue weighted by molar-refractivity contribution is 5.83. The summed E-state index contributed by atoms with van der Waals surface area (Å²) in [6, 6.07) is 7.96. The van der Waals surface area contributed by atoms with E-state index in [0.29, 0.717) is 31.5 Å². The molecule has 132 valence electrons. The molecule has 1 aromatic heterocycles. The van der Waals surface area contributed by atoms with Gasteiger partial charge in [0.05, 0.1) is 20.3 Å². The normalized spacial score (nSPS) is 25.7. The molecule has 0 N–H and O–H groups in total. The molecule has 2 aromatic rings. The molecule has 2 aliphatic rings. The van der Waals surface area contributed by atoms with Crippen LogP contribution in [0.5, 0.6) is 5.75 Å². The van der Waals surface area contributed by atoms with Crippen LogP contribution in [0, 0.1) is 12.8 Å². The average molecular weight is 343 g/mol. The van der Waals surface area contributed by atoms with Gasteiger partial charge in [0.2, 0.25) is 17.7 Å². The van der Waals surface area contributed by atoms with Gasteiger partial charge in [-0.1, -0.05) is 12.1 Å². The van der Waals surface area contributed by atoms with E-state index in [1.54, 1.807) is 14.0 Å². The first-order valence-electron chi connectivity index (χ1n) is 8.50. The maximum Gasteiger partial charge on any atom is 0.246 e. The van der Waals surface area contributed by atoms with Crippen molar-refractivity contribution in [3.05, 3.63) is 41.6 Å². The topological polar surface area (TPSA) is 77.7 Å². The lowest BCUT2D eigenvalue weighted by atomic mass is 10.1. The molecule has 1 aromatic carbocycles. The van der Waals surface area contributed by atoms with Crippen LogP contribution in [0.1, 0.15) is 35.8 Å². The highest BCUT2D eigenvalue weighted by Crippen LogP contribution is 2.49. The second kappa shape index (κ2) is 6.48. The number of hydrogen-bond acceptors (Lipinski definition) is 6. The summed E-state index contributed by atoms with van der Waals surface area (Å²) in [4.78, 5) is 14.7. The Balaban J connectivity index is 1.41. The number of benzene rings is 1. The van der Waals surface area contributed by atoms with Gasteiger partial charge in [-0.15, -0.1) is 10.2 Å². The first-order valence-corrected chi connectivity index (χ1v) is 8.50. The van der Waals surface area contributed by atoms with E-state index in [1.165, 1.54) is 0 Å². The summed E-state index contributed by atoms with van der Waals surface area (Å²) >= 11 is 0. The number of morpholine rings is 1. The van der Waals surface area contributed by atoms with Gasteiger partial charge in [0, 0.05) is 19.4 Å². The lowest BCUT2D eigenvalue weighted by Crippen LogP contribution is -2.43. The number of rotatable bonds is 4. The predicted octanol–water partition coefficient (Wildman–Crippen LogP) is 2.09. The molecule has 3 atom stereocenters. The molecular formula is C18H21N3O4. The molecule has 25 heavy (non-hydrogen) atoms. The van der Waals surface area contributed by atoms with Crippen molar-refractivity contribution in [2.45, 2.75) is 25.4 Å². The SMILES string of the molecule is COc1cccc([C@@H]2C[C@@H]2C(=O)N2CCO[C@H](c3nnc(C)o3)C2)c1. The van der Waals surface area contributed by atoms with Crippen LogP contribution in [-0.2, 0) is 9.53 Å². The van der Waals surface area contributed by atoms with Crippen molar-refractivity contribution in [1.82, 2.24) is 15.1 Å². The molecular weight excluding hydrogens is 322 g/mol. The summed E-state index contributed by atoms with van der Waals surface area (Å²) in [5.41, 5.74) is 1.16. The Morgan fingerprint density at radius 1 is 1.36 bits per heavy atom. The second-order valence-corrected chi connectivity index (χ2v) is 6.53. The van der Waals surface area contributed by atoms with Gasteiger partial charge in [-0.3, -0.25) is 4.79 Å². The molecule has 2 fully saturated rings. The summed E-state index contributed by atoms with van der Waals surface area (Å²) in [5, 5.41) is 7.85. The van der Waals surface area contributed by atoms with Gasteiger partial charge in [-0.25, -0.2) is 0 Å². The molecule has 0 radical (unpaired) electrons. The Labute approximate surface area is 145 Å². The lowest BCUT2D eigenvalue weighted by molar-refractivity contribution is -0.141. The average Bonchev–Trinajstić information content (AvgIpc) is 3.34. The van der Waals surface area contributed by atoms with Crippen molar-refractivity contribution in [2.75, 3.05) is 26.8 Å². The van der Waals surface area contributed by atoms with Crippen LogP contribution >= 0.6 is 0 Å². The predicted molar refractivity (Wildman–Crippen MR) is 88.2 cm³/mol. The minimum Gasteiger partial charge on any atom is -0.497 e. The fraction of sp³-hybridized carbons (Fsp3) is 0.500. The van der Waals surface area contributed by atoms with Crippen molar-refractivity contribution in [1.29, 1.82) is 0 Å². The van der Waals surface area contributed by atoms with Gasteiger partial charge >= 0.3 is 0 Å². The molecule has 0 spiro atoms. The molecule has 1 amide bonds. The van der Waals surface area contributed by atoms with Crippen molar-refractivity contribution in [3.63, 3.8) is 0 Å². The van der Waals surface area contributed by atoms with Gasteiger partial charge in [0.25, 0.3) is 0 Å². The first kappa shape index (κ1) is 16.1. The minimum atomic E-state index is -0.340. The van der Waals surface area contributed by atoms with Crippen LogP contribution in [0.3, 0.4) is 0 Å². The van der Waals surface area contributed by atoms with E-state index in [9.17, 15) is 4.79 Å². The highest BCUT2D eigenvalue weighted by atomic mass is 16.5. The number of hydrogen-bond donors (Lipinski definition) is 0. The van der Waals surface area contributed by atoms with Gasteiger partial charge in [0.1, 0.15) is 5.75 Å². The first-order chi connectivity index (χ1) is 12.2. The van der Waals surface area contributed by atoms with Crippen LogP contribution in [-0.4, -0.2) is 47.8 Å². The van der Waals surface area contributed by atoms with E-state index in [0.717, 1.165) is 17.7 Å². The monoisotopic (exact) mass is 343 g/mol. The van der Waals surface area contributed by atoms with Crippen molar-refractivity contribution in [2.24, 2.45) is 5.92 Å². The third-order valence-corrected chi connectivity index (χ3v) is 4.82. The third-order valence-electron chi connectivity index (χ3n) is 4.82. The molecule has 0 bridgehead atoms. The second-order valence-electron chi connectivity index (χ2n) is 6.53. The number of nitrogens with zero attached hydrogens (tertiary/aromatic N) is 3. The number of ether oxygens (including phenoxy) is 2. The number of aryl methyl sites for hydroxylation is 1. The van der Waals surface area contributed by atoms with Gasteiger partial charge < -0.3 is 18.8 Å². The molecule has 0 unspecified atom stereocenters. The molecule has 1 saturated heterocycles. The van der Waals surface area contributed by atoms with Crippen LogP contribution in [0.4, 0.5) is 0 Å². The van der Waals surface area contributed by atoms with Crippen LogP contribution in [0.2, 0.25) is 0 Å². The number of methoxy groups -OCH3 is 1. The van der Waals surface area contributed by atoms with E-state index in [-0.39, 0.29) is 23.8 Å². The van der Waals surface area contributed by atoms with Crippen molar-refractivity contribution in [3.8, 4) is 5.75 Å². The van der Waals surface area contributed by atoms with E-state index in [1.807, 2.05) is 23.1 Å². The fourth-order valence-corrected chi connectivity index (χ4v) is 3.38. The van der Waals surface area contributed by atoms with E-state index in [4.69, 9.17) is 13.9 Å². The van der Waals surface area contributed by atoms with E-state index in [2.05, 4.69) is 16.3 Å². The number of carbonyl (C=O) groups is 1. The Morgan fingerprint density at radius 3 is 3.00 bits per heavy atom. The summed E-state index contributed by atoms with van der Waals surface area (Å²) in [6.45, 7) is 3.28. The van der Waals surface area contributed by atoms with Gasteiger partial charge in [0.15, 0.2) is 6.10 Å².